The van der Waals surface area contributed by atoms with Gasteiger partial charge in [0.25, 0.3) is 0 Å². The third kappa shape index (κ3) is 2.29. The fraction of sp³-hybridized carbons (Fsp3) is 0.455. The highest BCUT2D eigenvalue weighted by molar-refractivity contribution is 5.37. The van der Waals surface area contributed by atoms with Gasteiger partial charge >= 0.3 is 6.18 Å². The largest absolute Gasteiger partial charge is 0.487 e. The summed E-state index contributed by atoms with van der Waals surface area (Å²) in [4.78, 5) is 0. The van der Waals surface area contributed by atoms with Crippen molar-refractivity contribution in [2.24, 2.45) is 0 Å². The van der Waals surface area contributed by atoms with E-state index in [2.05, 4.69) is 5.32 Å². The van der Waals surface area contributed by atoms with Crippen LogP contribution in [0.2, 0.25) is 0 Å². The summed E-state index contributed by atoms with van der Waals surface area (Å²) in [5.41, 5.74) is -0.120. The van der Waals surface area contributed by atoms with Crippen molar-refractivity contribution < 1.29 is 17.9 Å². The Morgan fingerprint density at radius 1 is 1.31 bits per heavy atom. The maximum atomic E-state index is 12.4. The molecule has 1 fully saturated rings. The summed E-state index contributed by atoms with van der Waals surface area (Å²) in [7, 11) is 0. The van der Waals surface area contributed by atoms with Gasteiger partial charge in [0, 0.05) is 13.1 Å². The minimum absolute atomic E-state index is 0.0791. The second-order valence-corrected chi connectivity index (χ2v) is 3.88. The number of ether oxygens (including phenoxy) is 1. The Bertz CT molecular complexity index is 385. The number of alkyl halides is 3. The Kier molecular flexibility index (Phi) is 2.80. The minimum atomic E-state index is -4.29. The van der Waals surface area contributed by atoms with Crippen LogP contribution in [0.1, 0.15) is 11.1 Å². The average molecular weight is 231 g/mol. The van der Waals surface area contributed by atoms with Crippen molar-refractivity contribution in [1.82, 2.24) is 5.32 Å². The van der Waals surface area contributed by atoms with Crippen LogP contribution in [-0.2, 0) is 6.18 Å². The molecule has 1 aromatic carbocycles. The molecule has 0 amide bonds. The highest BCUT2D eigenvalue weighted by Gasteiger charge is 2.31. The Balaban J connectivity index is 2.15. The van der Waals surface area contributed by atoms with Gasteiger partial charge in [-0.1, -0.05) is 0 Å². The molecule has 5 heteroatoms. The highest BCUT2D eigenvalue weighted by atomic mass is 19.4. The molecule has 0 spiro atoms. The van der Waals surface area contributed by atoms with Gasteiger partial charge in [-0.15, -0.1) is 0 Å². The molecule has 0 bridgehead atoms. The number of hydrogen-bond donors (Lipinski definition) is 1. The van der Waals surface area contributed by atoms with Gasteiger partial charge in [-0.05, 0) is 30.7 Å². The van der Waals surface area contributed by atoms with Crippen LogP contribution in [0.5, 0.6) is 5.75 Å². The zero-order valence-electron chi connectivity index (χ0n) is 8.77. The molecular weight excluding hydrogens is 219 g/mol. The molecule has 1 heterocycles. The van der Waals surface area contributed by atoms with E-state index >= 15 is 0 Å². The summed E-state index contributed by atoms with van der Waals surface area (Å²) in [6.45, 7) is 3.12. The molecular formula is C11H12F3NO. The molecule has 1 aromatic rings. The number of halogens is 3. The minimum Gasteiger partial charge on any atom is -0.487 e. The lowest BCUT2D eigenvalue weighted by Crippen LogP contribution is -2.50. The smallest absolute Gasteiger partial charge is 0.416 e. The molecule has 2 nitrogen and oxygen atoms in total. The van der Waals surface area contributed by atoms with Crippen LogP contribution in [0.15, 0.2) is 18.2 Å². The van der Waals surface area contributed by atoms with Crippen LogP contribution in [0, 0.1) is 6.92 Å². The van der Waals surface area contributed by atoms with E-state index in [-0.39, 0.29) is 6.10 Å². The lowest BCUT2D eigenvalue weighted by atomic mass is 10.1. The molecule has 0 unspecified atom stereocenters. The number of rotatable bonds is 2. The number of nitrogens with one attached hydrogen (secondary N) is 1. The van der Waals surface area contributed by atoms with Gasteiger partial charge in [-0.2, -0.15) is 13.2 Å². The Labute approximate surface area is 91.4 Å². The van der Waals surface area contributed by atoms with Crippen LogP contribution in [-0.4, -0.2) is 19.2 Å². The van der Waals surface area contributed by atoms with Crippen LogP contribution in [0.3, 0.4) is 0 Å². The van der Waals surface area contributed by atoms with Gasteiger partial charge < -0.3 is 10.1 Å². The lowest BCUT2D eigenvalue weighted by molar-refractivity contribution is -0.137. The molecule has 0 radical (unpaired) electrons. The molecule has 88 valence electrons. The monoisotopic (exact) mass is 231 g/mol. The highest BCUT2D eigenvalue weighted by Crippen LogP contribution is 2.32. The van der Waals surface area contributed by atoms with Crippen LogP contribution in [0.4, 0.5) is 13.2 Å². The van der Waals surface area contributed by atoms with Crippen molar-refractivity contribution in [3.63, 3.8) is 0 Å². The van der Waals surface area contributed by atoms with Crippen LogP contribution >= 0.6 is 0 Å². The first-order chi connectivity index (χ1) is 7.47. The van der Waals surface area contributed by atoms with Crippen molar-refractivity contribution in [2.75, 3.05) is 13.1 Å². The zero-order chi connectivity index (χ0) is 11.8. The van der Waals surface area contributed by atoms with E-state index in [1.807, 2.05) is 0 Å². The van der Waals surface area contributed by atoms with Gasteiger partial charge in [0.1, 0.15) is 11.9 Å². The second kappa shape index (κ2) is 3.97. The molecule has 1 aliphatic rings. The quantitative estimate of drug-likeness (QED) is 0.843. The predicted octanol–water partition coefficient (Wildman–Crippen LogP) is 2.36. The standard InChI is InChI=1S/C11H12F3NO/c1-7-4-8(11(12,13)14)2-3-10(7)16-9-5-15-6-9/h2-4,9,15H,5-6H2,1H3. The molecule has 1 N–H and O–H groups in total. The first-order valence-electron chi connectivity index (χ1n) is 5.02. The second-order valence-electron chi connectivity index (χ2n) is 3.88. The molecule has 0 aliphatic carbocycles. The predicted molar refractivity (Wildman–Crippen MR) is 53.5 cm³/mol. The first kappa shape index (κ1) is 11.3. The van der Waals surface area contributed by atoms with Crippen molar-refractivity contribution >= 4 is 0 Å². The Hall–Kier alpha value is -1.23. The van der Waals surface area contributed by atoms with Gasteiger partial charge in [0.05, 0.1) is 5.56 Å². The molecule has 0 aromatic heterocycles. The molecule has 0 saturated carbocycles. The van der Waals surface area contributed by atoms with E-state index in [0.717, 1.165) is 25.2 Å². The molecule has 1 saturated heterocycles. The fourth-order valence-electron chi connectivity index (χ4n) is 1.48. The maximum absolute atomic E-state index is 12.4. The van der Waals surface area contributed by atoms with Crippen molar-refractivity contribution in [2.45, 2.75) is 19.2 Å². The lowest BCUT2D eigenvalue weighted by Gasteiger charge is -2.28. The van der Waals surface area contributed by atoms with Crippen LogP contribution in [0.25, 0.3) is 0 Å². The fourth-order valence-corrected chi connectivity index (χ4v) is 1.48. The van der Waals surface area contributed by atoms with E-state index in [1.165, 1.54) is 6.07 Å². The Morgan fingerprint density at radius 3 is 2.44 bits per heavy atom. The SMILES string of the molecule is Cc1cc(C(F)(F)F)ccc1OC1CNC1. The Morgan fingerprint density at radius 2 is 2.00 bits per heavy atom. The summed E-state index contributed by atoms with van der Waals surface area (Å²) in [6, 6.07) is 3.55. The first-order valence-corrected chi connectivity index (χ1v) is 5.02. The van der Waals surface area contributed by atoms with E-state index in [1.54, 1.807) is 6.92 Å². The zero-order valence-corrected chi connectivity index (χ0v) is 8.77. The molecule has 16 heavy (non-hydrogen) atoms. The average Bonchev–Trinajstić information content (AvgIpc) is 2.11. The number of benzene rings is 1. The van der Waals surface area contributed by atoms with Gasteiger partial charge in [-0.3, -0.25) is 0 Å². The van der Waals surface area contributed by atoms with E-state index in [0.29, 0.717) is 11.3 Å². The molecule has 2 rings (SSSR count). The number of hydrogen-bond acceptors (Lipinski definition) is 2. The van der Waals surface area contributed by atoms with Crippen LogP contribution < -0.4 is 10.1 Å². The summed E-state index contributed by atoms with van der Waals surface area (Å²) in [5.74, 6) is 0.527. The topological polar surface area (TPSA) is 21.3 Å². The summed E-state index contributed by atoms with van der Waals surface area (Å²) in [5, 5.41) is 3.03. The van der Waals surface area contributed by atoms with Gasteiger partial charge in [0.15, 0.2) is 0 Å². The van der Waals surface area contributed by atoms with Crippen molar-refractivity contribution in [1.29, 1.82) is 0 Å². The summed E-state index contributed by atoms with van der Waals surface area (Å²) in [6.07, 6.45) is -4.21. The van der Waals surface area contributed by atoms with Crippen molar-refractivity contribution in [3.8, 4) is 5.75 Å². The van der Waals surface area contributed by atoms with Gasteiger partial charge in [0.2, 0.25) is 0 Å². The van der Waals surface area contributed by atoms with Crippen molar-refractivity contribution in [3.05, 3.63) is 29.3 Å². The molecule has 1 aliphatic heterocycles. The molecule has 0 atom stereocenters. The van der Waals surface area contributed by atoms with E-state index in [9.17, 15) is 13.2 Å². The summed E-state index contributed by atoms with van der Waals surface area (Å²) < 4.78 is 42.7. The third-order valence-electron chi connectivity index (χ3n) is 2.54. The van der Waals surface area contributed by atoms with Gasteiger partial charge in [-0.25, -0.2) is 0 Å². The third-order valence-corrected chi connectivity index (χ3v) is 2.54. The number of aryl methyl sites for hydroxylation is 1. The maximum Gasteiger partial charge on any atom is 0.416 e. The van der Waals surface area contributed by atoms with E-state index in [4.69, 9.17) is 4.74 Å². The normalized spacial score (nSPS) is 17.0. The van der Waals surface area contributed by atoms with E-state index < -0.39 is 11.7 Å². The summed E-state index contributed by atoms with van der Waals surface area (Å²) >= 11 is 0.